The Morgan fingerprint density at radius 3 is 1.16 bits per heavy atom. The molecule has 0 amide bonds. The molecular weight excluding hydrogens is 721 g/mol. The molecule has 6 heteroatoms. The van der Waals surface area contributed by atoms with Crippen molar-refractivity contribution in [3.05, 3.63) is 72.9 Å². The molecule has 0 rings (SSSR count). The van der Waals surface area contributed by atoms with Crippen LogP contribution in [0.15, 0.2) is 72.9 Å². The molecule has 332 valence electrons. The van der Waals surface area contributed by atoms with Crippen molar-refractivity contribution in [1.29, 1.82) is 0 Å². The molecule has 0 aromatic heterocycles. The summed E-state index contributed by atoms with van der Waals surface area (Å²) in [6.45, 7) is 6.42. The van der Waals surface area contributed by atoms with Crippen LogP contribution in [0, 0.1) is 0 Å². The van der Waals surface area contributed by atoms with Gasteiger partial charge in [0.05, 0.1) is 0 Å². The van der Waals surface area contributed by atoms with Gasteiger partial charge in [-0.2, -0.15) is 0 Å². The predicted octanol–water partition coefficient (Wildman–Crippen LogP) is 15.5. The van der Waals surface area contributed by atoms with Gasteiger partial charge in [-0.05, 0) is 83.5 Å². The van der Waals surface area contributed by atoms with Crippen molar-refractivity contribution in [3.63, 3.8) is 0 Å². The lowest BCUT2D eigenvalue weighted by atomic mass is 10.1. The van der Waals surface area contributed by atoms with Gasteiger partial charge in [0.25, 0.3) is 0 Å². The number of carbonyl (C=O) groups excluding carboxylic acids is 3. The van der Waals surface area contributed by atoms with Gasteiger partial charge in [-0.25, -0.2) is 0 Å². The first-order valence-electron chi connectivity index (χ1n) is 23.9. The fraction of sp³-hybridized carbons (Fsp3) is 0.712. The zero-order valence-corrected chi connectivity index (χ0v) is 37.8. The number of unbranched alkanes of at least 4 members (excludes halogenated alkanes) is 19. The highest BCUT2D eigenvalue weighted by atomic mass is 16.6. The quantitative estimate of drug-likeness (QED) is 0.0264. The molecule has 0 fully saturated rings. The first-order valence-corrected chi connectivity index (χ1v) is 23.9. The van der Waals surface area contributed by atoms with E-state index in [0.29, 0.717) is 19.3 Å². The lowest BCUT2D eigenvalue weighted by molar-refractivity contribution is -0.167. The lowest BCUT2D eigenvalue weighted by Gasteiger charge is -2.18. The summed E-state index contributed by atoms with van der Waals surface area (Å²) < 4.78 is 16.6. The molecular formula is C52H88O6. The number of ether oxygens (including phenoxy) is 3. The molecule has 0 radical (unpaired) electrons. The van der Waals surface area contributed by atoms with Gasteiger partial charge in [0, 0.05) is 19.3 Å². The molecule has 58 heavy (non-hydrogen) atoms. The first-order chi connectivity index (χ1) is 28.5. The normalized spacial score (nSPS) is 12.7. The molecule has 0 heterocycles. The Labute approximate surface area is 357 Å². The summed E-state index contributed by atoms with van der Waals surface area (Å²) in [5, 5.41) is 0. The maximum absolute atomic E-state index is 12.7. The third-order valence-corrected chi connectivity index (χ3v) is 9.95. The average Bonchev–Trinajstić information content (AvgIpc) is 3.22. The molecule has 1 atom stereocenters. The Kier molecular flexibility index (Phi) is 44.0. The highest BCUT2D eigenvalue weighted by Crippen LogP contribution is 2.13. The van der Waals surface area contributed by atoms with Crippen molar-refractivity contribution >= 4 is 17.9 Å². The van der Waals surface area contributed by atoms with E-state index < -0.39 is 6.10 Å². The van der Waals surface area contributed by atoms with Gasteiger partial charge in [-0.3, -0.25) is 14.4 Å². The van der Waals surface area contributed by atoms with Crippen LogP contribution in [0.2, 0.25) is 0 Å². The van der Waals surface area contributed by atoms with E-state index in [-0.39, 0.29) is 44.0 Å². The predicted molar refractivity (Wildman–Crippen MR) is 247 cm³/mol. The summed E-state index contributed by atoms with van der Waals surface area (Å²) in [5.74, 6) is -1.00. The minimum absolute atomic E-state index is 0.106. The van der Waals surface area contributed by atoms with Crippen molar-refractivity contribution in [1.82, 2.24) is 0 Å². The van der Waals surface area contributed by atoms with Gasteiger partial charge in [-0.1, -0.05) is 190 Å². The molecule has 6 nitrogen and oxygen atoms in total. The Balaban J connectivity index is 4.49. The van der Waals surface area contributed by atoms with E-state index in [0.717, 1.165) is 70.6 Å². The number of esters is 3. The monoisotopic (exact) mass is 809 g/mol. The molecule has 0 aliphatic heterocycles. The maximum atomic E-state index is 12.7. The molecule has 0 bridgehead atoms. The Morgan fingerprint density at radius 1 is 0.362 bits per heavy atom. The van der Waals surface area contributed by atoms with E-state index in [4.69, 9.17) is 14.2 Å². The van der Waals surface area contributed by atoms with E-state index in [9.17, 15) is 14.4 Å². The SMILES string of the molecule is CC/C=C\C/C=C\C/C=C\CCCCC(=O)OC(COC(=O)CCC/C=C\C/C=C\C/C=C\CCCCCCCC)COC(=O)CCCCCCCCCCCCC. The molecule has 0 spiro atoms. The van der Waals surface area contributed by atoms with Gasteiger partial charge in [0.1, 0.15) is 13.2 Å². The van der Waals surface area contributed by atoms with Gasteiger partial charge >= 0.3 is 17.9 Å². The van der Waals surface area contributed by atoms with Gasteiger partial charge in [-0.15, -0.1) is 0 Å². The zero-order valence-electron chi connectivity index (χ0n) is 37.8. The summed E-state index contributed by atoms with van der Waals surface area (Å²) in [6, 6.07) is 0. The third-order valence-electron chi connectivity index (χ3n) is 9.95. The van der Waals surface area contributed by atoms with Crippen molar-refractivity contribution in [2.75, 3.05) is 13.2 Å². The van der Waals surface area contributed by atoms with Crippen molar-refractivity contribution in [2.24, 2.45) is 0 Å². The topological polar surface area (TPSA) is 78.9 Å². The van der Waals surface area contributed by atoms with Crippen molar-refractivity contribution < 1.29 is 28.6 Å². The maximum Gasteiger partial charge on any atom is 0.306 e. The fourth-order valence-electron chi connectivity index (χ4n) is 6.35. The van der Waals surface area contributed by atoms with Gasteiger partial charge in [0.2, 0.25) is 0 Å². The number of hydrogen-bond donors (Lipinski definition) is 0. The Morgan fingerprint density at radius 2 is 0.690 bits per heavy atom. The van der Waals surface area contributed by atoms with Crippen LogP contribution in [0.5, 0.6) is 0 Å². The highest BCUT2D eigenvalue weighted by Gasteiger charge is 2.19. The number of hydrogen-bond acceptors (Lipinski definition) is 6. The smallest absolute Gasteiger partial charge is 0.306 e. The van der Waals surface area contributed by atoms with E-state index in [1.807, 2.05) is 0 Å². The molecule has 0 aliphatic rings. The zero-order chi connectivity index (χ0) is 42.3. The molecule has 0 N–H and O–H groups in total. The van der Waals surface area contributed by atoms with Crippen LogP contribution in [0.25, 0.3) is 0 Å². The molecule has 0 aromatic rings. The molecule has 0 saturated heterocycles. The Bertz CT molecular complexity index is 1110. The number of allylic oxidation sites excluding steroid dienone is 12. The molecule has 0 aliphatic carbocycles. The van der Waals surface area contributed by atoms with Crippen LogP contribution < -0.4 is 0 Å². The van der Waals surface area contributed by atoms with Crippen LogP contribution in [-0.4, -0.2) is 37.2 Å². The summed E-state index contributed by atoms with van der Waals surface area (Å²) in [4.78, 5) is 37.8. The van der Waals surface area contributed by atoms with Crippen LogP contribution in [0.1, 0.15) is 220 Å². The van der Waals surface area contributed by atoms with Crippen molar-refractivity contribution in [2.45, 2.75) is 226 Å². The summed E-state index contributed by atoms with van der Waals surface area (Å²) in [7, 11) is 0. The molecule has 0 aromatic carbocycles. The minimum atomic E-state index is -0.811. The number of rotatable bonds is 42. The van der Waals surface area contributed by atoms with Gasteiger partial charge in [0.15, 0.2) is 6.10 Å². The Hall–Kier alpha value is -3.15. The largest absolute Gasteiger partial charge is 0.462 e. The number of carbonyl (C=O) groups is 3. The van der Waals surface area contributed by atoms with Crippen LogP contribution >= 0.6 is 0 Å². The standard InChI is InChI=1S/C52H88O6/c1-4-7-10-13-16-19-22-24-25-26-27-28-31-33-36-39-42-45-51(54)57-48-49(47-56-50(53)44-41-38-35-32-29-21-18-15-12-9-6-3)58-52(55)46-43-40-37-34-30-23-20-17-14-11-8-5-2/h8,11,17,20,24-25,27-28,30,33-34,36,49H,4-7,9-10,12-16,18-19,21-23,26,29,31-32,35,37-48H2,1-3H3/b11-8-,20-17-,25-24-,28-27-,34-30-,36-33-. The van der Waals surface area contributed by atoms with Crippen LogP contribution in [0.4, 0.5) is 0 Å². The molecule has 1 unspecified atom stereocenters. The lowest BCUT2D eigenvalue weighted by Crippen LogP contribution is -2.30. The van der Waals surface area contributed by atoms with E-state index in [1.165, 1.54) is 96.3 Å². The van der Waals surface area contributed by atoms with E-state index in [2.05, 4.69) is 93.7 Å². The van der Waals surface area contributed by atoms with E-state index >= 15 is 0 Å². The minimum Gasteiger partial charge on any atom is -0.462 e. The second-order valence-corrected chi connectivity index (χ2v) is 15.6. The average molecular weight is 809 g/mol. The highest BCUT2D eigenvalue weighted by molar-refractivity contribution is 5.71. The second-order valence-electron chi connectivity index (χ2n) is 15.6. The summed E-state index contributed by atoms with van der Waals surface area (Å²) >= 11 is 0. The summed E-state index contributed by atoms with van der Waals surface area (Å²) in [5.41, 5.74) is 0. The van der Waals surface area contributed by atoms with E-state index in [1.54, 1.807) is 0 Å². The summed E-state index contributed by atoms with van der Waals surface area (Å²) in [6.07, 6.45) is 57.5. The fourth-order valence-corrected chi connectivity index (χ4v) is 6.35. The first kappa shape index (κ1) is 54.9. The second kappa shape index (κ2) is 46.5. The third kappa shape index (κ3) is 44.0. The van der Waals surface area contributed by atoms with Crippen molar-refractivity contribution in [3.8, 4) is 0 Å². The van der Waals surface area contributed by atoms with Gasteiger partial charge < -0.3 is 14.2 Å². The van der Waals surface area contributed by atoms with Crippen LogP contribution in [0.3, 0.4) is 0 Å². The van der Waals surface area contributed by atoms with Crippen LogP contribution in [-0.2, 0) is 28.6 Å². The molecule has 0 saturated carbocycles.